The molecule has 1 saturated heterocycles. The monoisotopic (exact) mass is 396 g/mol. The molecule has 1 aliphatic heterocycles. The van der Waals surface area contributed by atoms with E-state index in [0.29, 0.717) is 25.4 Å². The lowest BCUT2D eigenvalue weighted by Crippen LogP contribution is -2.50. The van der Waals surface area contributed by atoms with Crippen LogP contribution < -0.4 is 10.5 Å². The Morgan fingerprint density at radius 3 is 2.54 bits per heavy atom. The summed E-state index contributed by atoms with van der Waals surface area (Å²) in [7, 11) is 0. The van der Waals surface area contributed by atoms with E-state index in [-0.39, 0.29) is 17.5 Å². The van der Waals surface area contributed by atoms with Crippen LogP contribution >= 0.6 is 0 Å². The van der Waals surface area contributed by atoms with Crippen LogP contribution in [0.1, 0.15) is 32.8 Å². The number of hydrogen-bond donors (Lipinski definition) is 2. The number of benzene rings is 1. The first-order chi connectivity index (χ1) is 13.2. The first kappa shape index (κ1) is 21.7. The number of carbonyl (C=O) groups excluding carboxylic acids is 1. The second kappa shape index (κ2) is 9.59. The number of piperazine rings is 1. The molecule has 156 valence electrons. The van der Waals surface area contributed by atoms with Gasteiger partial charge >= 0.3 is 6.09 Å². The van der Waals surface area contributed by atoms with Crippen molar-refractivity contribution in [2.45, 2.75) is 32.8 Å². The molecule has 0 unspecified atom stereocenters. The highest BCUT2D eigenvalue weighted by atomic mass is 19.1. The molecular weight excluding hydrogens is 367 g/mol. The number of carbonyl (C=O) groups is 1. The number of nitrogens with zero attached hydrogens (tertiary/aromatic N) is 3. The fourth-order valence-corrected chi connectivity index (χ4v) is 2.81. The number of amides is 1. The van der Waals surface area contributed by atoms with Crippen LogP contribution in [0, 0.1) is 5.82 Å². The summed E-state index contributed by atoms with van der Waals surface area (Å²) in [6.07, 6.45) is 0.503. The Morgan fingerprint density at radius 1 is 1.29 bits per heavy atom. The molecule has 28 heavy (non-hydrogen) atoms. The van der Waals surface area contributed by atoms with E-state index in [1.165, 1.54) is 12.1 Å². The third-order valence-electron chi connectivity index (χ3n) is 4.24. The third-order valence-corrected chi connectivity index (χ3v) is 4.24. The van der Waals surface area contributed by atoms with Gasteiger partial charge in [-0.15, -0.1) is 0 Å². The van der Waals surface area contributed by atoms with E-state index in [4.69, 9.17) is 20.4 Å². The van der Waals surface area contributed by atoms with Gasteiger partial charge in [0.25, 0.3) is 0 Å². The number of hydrogen-bond acceptors (Lipinski definition) is 6. The maximum absolute atomic E-state index is 13.9. The molecule has 0 radical (unpaired) electrons. The van der Waals surface area contributed by atoms with Crippen molar-refractivity contribution in [3.05, 3.63) is 29.6 Å². The molecule has 0 aromatic heterocycles. The van der Waals surface area contributed by atoms with E-state index >= 15 is 0 Å². The fourth-order valence-electron chi connectivity index (χ4n) is 2.81. The molecule has 2 rings (SSSR count). The lowest BCUT2D eigenvalue weighted by molar-refractivity contribution is 0.0142. The van der Waals surface area contributed by atoms with Gasteiger partial charge in [-0.2, -0.15) is 0 Å². The number of rotatable bonds is 6. The topological polar surface area (TPSA) is 101 Å². The third kappa shape index (κ3) is 6.56. The zero-order chi connectivity index (χ0) is 20.7. The SMILES string of the molecule is CC(C)(C)OC(=O)N1CCN(CCCOc2ccc(/C(N)=N\O)c(F)c2)CC1. The Balaban J connectivity index is 1.68. The van der Waals surface area contributed by atoms with Crippen molar-refractivity contribution in [1.29, 1.82) is 0 Å². The second-order valence-corrected chi connectivity index (χ2v) is 7.64. The molecule has 0 bridgehead atoms. The van der Waals surface area contributed by atoms with Crippen LogP contribution in [-0.4, -0.2) is 71.9 Å². The molecule has 1 aromatic rings. The average molecular weight is 396 g/mol. The van der Waals surface area contributed by atoms with Gasteiger partial charge in [-0.1, -0.05) is 5.16 Å². The van der Waals surface area contributed by atoms with Crippen LogP contribution in [0.2, 0.25) is 0 Å². The van der Waals surface area contributed by atoms with Crippen LogP contribution in [0.25, 0.3) is 0 Å². The minimum absolute atomic E-state index is 0.0257. The van der Waals surface area contributed by atoms with Gasteiger partial charge in [-0.05, 0) is 39.3 Å². The smallest absolute Gasteiger partial charge is 0.410 e. The highest BCUT2D eigenvalue weighted by Crippen LogP contribution is 2.17. The molecule has 0 saturated carbocycles. The maximum atomic E-state index is 13.9. The van der Waals surface area contributed by atoms with Gasteiger partial charge in [-0.3, -0.25) is 4.90 Å². The second-order valence-electron chi connectivity index (χ2n) is 7.64. The number of halogens is 1. The van der Waals surface area contributed by atoms with Crippen molar-refractivity contribution < 1.29 is 23.9 Å². The molecule has 1 fully saturated rings. The van der Waals surface area contributed by atoms with E-state index in [9.17, 15) is 9.18 Å². The Bertz CT molecular complexity index is 698. The Morgan fingerprint density at radius 2 is 1.96 bits per heavy atom. The molecule has 0 aliphatic carbocycles. The van der Waals surface area contributed by atoms with Crippen molar-refractivity contribution in [2.75, 3.05) is 39.3 Å². The largest absolute Gasteiger partial charge is 0.493 e. The molecular formula is C19H29FN4O4. The highest BCUT2D eigenvalue weighted by molar-refractivity contribution is 5.97. The van der Waals surface area contributed by atoms with Crippen LogP contribution in [0.4, 0.5) is 9.18 Å². The molecule has 1 aliphatic rings. The van der Waals surface area contributed by atoms with E-state index in [1.807, 2.05) is 20.8 Å². The lowest BCUT2D eigenvalue weighted by Gasteiger charge is -2.35. The predicted molar refractivity (Wildman–Crippen MR) is 103 cm³/mol. The number of oxime groups is 1. The molecule has 1 heterocycles. The van der Waals surface area contributed by atoms with Gasteiger partial charge in [0.1, 0.15) is 17.2 Å². The summed E-state index contributed by atoms with van der Waals surface area (Å²) in [5.74, 6) is -0.498. The summed E-state index contributed by atoms with van der Waals surface area (Å²) in [4.78, 5) is 16.0. The summed E-state index contributed by atoms with van der Waals surface area (Å²) < 4.78 is 24.8. The van der Waals surface area contributed by atoms with Crippen LogP contribution in [0.3, 0.4) is 0 Å². The number of amidine groups is 1. The summed E-state index contributed by atoms with van der Waals surface area (Å²) in [5, 5.41) is 11.4. The van der Waals surface area contributed by atoms with E-state index in [2.05, 4.69) is 10.1 Å². The van der Waals surface area contributed by atoms with E-state index < -0.39 is 11.4 Å². The standard InChI is InChI=1S/C19H29FN4O4/c1-19(2,3)28-18(25)24-10-8-23(9-11-24)7-4-12-27-14-5-6-15(16(20)13-14)17(21)22-26/h5-6,13,26H,4,7-12H2,1-3H3,(H2,21,22). The summed E-state index contributed by atoms with van der Waals surface area (Å²) in [6.45, 7) is 9.67. The van der Waals surface area contributed by atoms with Crippen molar-refractivity contribution >= 4 is 11.9 Å². The predicted octanol–water partition coefficient (Wildman–Crippen LogP) is 2.24. The van der Waals surface area contributed by atoms with Gasteiger partial charge in [0.2, 0.25) is 0 Å². The van der Waals surface area contributed by atoms with Gasteiger partial charge < -0.3 is 25.3 Å². The minimum Gasteiger partial charge on any atom is -0.493 e. The summed E-state index contributed by atoms with van der Waals surface area (Å²) in [5.41, 5.74) is 4.93. The maximum Gasteiger partial charge on any atom is 0.410 e. The molecule has 3 N–H and O–H groups in total. The zero-order valence-corrected chi connectivity index (χ0v) is 16.7. The normalized spacial score (nSPS) is 16.1. The van der Waals surface area contributed by atoms with Crippen LogP contribution in [0.5, 0.6) is 5.75 Å². The molecule has 9 heteroatoms. The zero-order valence-electron chi connectivity index (χ0n) is 16.7. The van der Waals surface area contributed by atoms with Gasteiger partial charge in [0.15, 0.2) is 5.84 Å². The lowest BCUT2D eigenvalue weighted by atomic mass is 10.2. The van der Waals surface area contributed by atoms with Crippen molar-refractivity contribution in [2.24, 2.45) is 10.9 Å². The van der Waals surface area contributed by atoms with Crippen molar-refractivity contribution in [3.8, 4) is 5.75 Å². The van der Waals surface area contributed by atoms with Crippen LogP contribution in [0.15, 0.2) is 23.4 Å². The Hall–Kier alpha value is -2.55. The fraction of sp³-hybridized carbons (Fsp3) is 0.579. The molecule has 0 atom stereocenters. The molecule has 1 amide bonds. The Labute approximate surface area is 164 Å². The number of nitrogens with two attached hydrogens (primary N) is 1. The van der Waals surface area contributed by atoms with Gasteiger partial charge in [0, 0.05) is 38.8 Å². The molecule has 8 nitrogen and oxygen atoms in total. The van der Waals surface area contributed by atoms with E-state index in [1.54, 1.807) is 11.0 Å². The summed E-state index contributed by atoms with van der Waals surface area (Å²) in [6, 6.07) is 4.21. The van der Waals surface area contributed by atoms with Gasteiger partial charge in [-0.25, -0.2) is 9.18 Å². The quantitative estimate of drug-likeness (QED) is 0.251. The first-order valence-electron chi connectivity index (χ1n) is 9.30. The number of ether oxygens (including phenoxy) is 2. The van der Waals surface area contributed by atoms with Crippen molar-refractivity contribution in [3.63, 3.8) is 0 Å². The van der Waals surface area contributed by atoms with Crippen LogP contribution in [-0.2, 0) is 4.74 Å². The van der Waals surface area contributed by atoms with Crippen molar-refractivity contribution in [1.82, 2.24) is 9.80 Å². The van der Waals surface area contributed by atoms with E-state index in [0.717, 1.165) is 26.1 Å². The minimum atomic E-state index is -0.605. The van der Waals surface area contributed by atoms with Gasteiger partial charge in [0.05, 0.1) is 12.2 Å². The first-order valence-corrected chi connectivity index (χ1v) is 9.30. The average Bonchev–Trinajstić information content (AvgIpc) is 2.64. The Kier molecular flexibility index (Phi) is 7.45. The highest BCUT2D eigenvalue weighted by Gasteiger charge is 2.25. The summed E-state index contributed by atoms with van der Waals surface area (Å²) >= 11 is 0. The molecule has 0 spiro atoms. The molecule has 1 aromatic carbocycles.